The van der Waals surface area contributed by atoms with Crippen LogP contribution in [0, 0.1) is 0 Å². The first-order valence-corrected chi connectivity index (χ1v) is 4.90. The predicted molar refractivity (Wildman–Crippen MR) is 61.7 cm³/mol. The minimum atomic E-state index is 0.0909. The number of aromatic amines is 1. The molecule has 2 aromatic rings. The third-order valence-electron chi connectivity index (χ3n) is 2.10. The maximum atomic E-state index is 3.45. The van der Waals surface area contributed by atoms with Crippen LogP contribution in [0.2, 0.25) is 0 Å². The van der Waals surface area contributed by atoms with Gasteiger partial charge in [0.15, 0.2) is 0 Å². The van der Waals surface area contributed by atoms with E-state index < -0.39 is 0 Å². The van der Waals surface area contributed by atoms with Crippen molar-refractivity contribution in [3.63, 3.8) is 0 Å². The number of benzene rings is 1. The molecule has 0 aliphatic heterocycles. The van der Waals surface area contributed by atoms with Crippen molar-refractivity contribution in [2.24, 2.45) is 0 Å². The largest absolute Gasteiger partial charge is 0.367 e. The highest BCUT2D eigenvalue weighted by Crippen LogP contribution is 2.24. The Morgan fingerprint density at radius 2 is 1.86 bits per heavy atom. The maximum absolute atomic E-state index is 3.45. The lowest BCUT2D eigenvalue weighted by Crippen LogP contribution is -2.26. The highest BCUT2D eigenvalue weighted by atomic mass is 15.0. The van der Waals surface area contributed by atoms with Gasteiger partial charge >= 0.3 is 0 Å². The molecule has 2 rings (SSSR count). The third-order valence-corrected chi connectivity index (χ3v) is 2.10. The molecule has 0 bridgehead atoms. The fourth-order valence-electron chi connectivity index (χ4n) is 1.56. The molecular weight excluding hydrogens is 172 g/mol. The summed E-state index contributed by atoms with van der Waals surface area (Å²) < 4.78 is 0. The zero-order valence-corrected chi connectivity index (χ0v) is 8.89. The highest BCUT2D eigenvalue weighted by molar-refractivity contribution is 5.93. The molecule has 1 aromatic carbocycles. The number of hydrogen-bond donors (Lipinski definition) is 2. The summed E-state index contributed by atoms with van der Waals surface area (Å²) in [4.78, 5) is 3.26. The van der Waals surface area contributed by atoms with Gasteiger partial charge < -0.3 is 10.3 Å². The van der Waals surface area contributed by atoms with E-state index >= 15 is 0 Å². The number of anilines is 1. The number of hydrogen-bond acceptors (Lipinski definition) is 1. The average Bonchev–Trinajstić information content (AvgIpc) is 2.47. The molecule has 0 atom stereocenters. The number of rotatable bonds is 1. The number of aromatic nitrogens is 1. The van der Waals surface area contributed by atoms with Crippen molar-refractivity contribution in [3.05, 3.63) is 30.5 Å². The summed E-state index contributed by atoms with van der Waals surface area (Å²) in [7, 11) is 0. The van der Waals surface area contributed by atoms with Gasteiger partial charge in [0, 0.05) is 22.5 Å². The molecule has 0 radical (unpaired) electrons. The number of fused-ring (bicyclic) bond motifs is 1. The molecular formula is C12H16N2. The highest BCUT2D eigenvalue weighted by Gasteiger charge is 2.11. The van der Waals surface area contributed by atoms with E-state index in [1.165, 1.54) is 10.8 Å². The van der Waals surface area contributed by atoms with Crippen LogP contribution in [0.25, 0.3) is 10.8 Å². The number of nitrogens with one attached hydrogen (secondary N) is 2. The minimum Gasteiger partial charge on any atom is -0.367 e. The van der Waals surface area contributed by atoms with Crippen LogP contribution in [0.1, 0.15) is 20.8 Å². The first kappa shape index (κ1) is 9.13. The fraction of sp³-hybridized carbons (Fsp3) is 0.333. The van der Waals surface area contributed by atoms with Crippen molar-refractivity contribution in [1.82, 2.24) is 4.98 Å². The van der Waals surface area contributed by atoms with Crippen molar-refractivity contribution in [2.45, 2.75) is 26.3 Å². The maximum Gasteiger partial charge on any atom is 0.111 e. The molecule has 0 unspecified atom stereocenters. The van der Waals surface area contributed by atoms with E-state index in [0.717, 1.165) is 5.82 Å². The predicted octanol–water partition coefficient (Wildman–Crippen LogP) is 3.38. The molecule has 74 valence electrons. The summed E-state index contributed by atoms with van der Waals surface area (Å²) in [6.07, 6.45) is 2.03. The van der Waals surface area contributed by atoms with Crippen molar-refractivity contribution in [2.75, 3.05) is 5.32 Å². The lowest BCUT2D eigenvalue weighted by atomic mass is 10.1. The molecule has 1 aromatic heterocycles. The van der Waals surface area contributed by atoms with Crippen LogP contribution >= 0.6 is 0 Å². The van der Waals surface area contributed by atoms with Crippen LogP contribution < -0.4 is 5.32 Å². The second-order valence-corrected chi connectivity index (χ2v) is 4.63. The van der Waals surface area contributed by atoms with Crippen LogP contribution in [-0.4, -0.2) is 10.5 Å². The molecule has 2 nitrogen and oxygen atoms in total. The van der Waals surface area contributed by atoms with Gasteiger partial charge in [0.2, 0.25) is 0 Å². The zero-order chi connectivity index (χ0) is 10.2. The number of H-pyrrole nitrogens is 1. The van der Waals surface area contributed by atoms with E-state index in [1.54, 1.807) is 0 Å². The molecule has 0 amide bonds. The van der Waals surface area contributed by atoms with Gasteiger partial charge in [0.25, 0.3) is 0 Å². The summed E-state index contributed by atoms with van der Waals surface area (Å²) in [5.74, 6) is 1.10. The van der Waals surface area contributed by atoms with Crippen molar-refractivity contribution in [1.29, 1.82) is 0 Å². The fourth-order valence-corrected chi connectivity index (χ4v) is 1.56. The summed E-state index contributed by atoms with van der Waals surface area (Å²) >= 11 is 0. The molecule has 2 N–H and O–H groups in total. The third kappa shape index (κ3) is 1.74. The lowest BCUT2D eigenvalue weighted by molar-refractivity contribution is 0.632. The summed E-state index contributed by atoms with van der Waals surface area (Å²) in [6, 6.07) is 8.35. The van der Waals surface area contributed by atoms with Crippen molar-refractivity contribution in [3.8, 4) is 0 Å². The van der Waals surface area contributed by atoms with Gasteiger partial charge in [-0.05, 0) is 20.8 Å². The van der Waals surface area contributed by atoms with Crippen LogP contribution in [0.15, 0.2) is 30.5 Å². The van der Waals surface area contributed by atoms with Crippen LogP contribution in [0.4, 0.5) is 5.82 Å². The average molecular weight is 188 g/mol. The van der Waals surface area contributed by atoms with E-state index in [9.17, 15) is 0 Å². The Labute approximate surface area is 84.3 Å². The van der Waals surface area contributed by atoms with Crippen LogP contribution in [0.3, 0.4) is 0 Å². The van der Waals surface area contributed by atoms with Gasteiger partial charge in [0.05, 0.1) is 0 Å². The van der Waals surface area contributed by atoms with Gasteiger partial charge in [-0.1, -0.05) is 24.3 Å². The monoisotopic (exact) mass is 188 g/mol. The molecule has 14 heavy (non-hydrogen) atoms. The van der Waals surface area contributed by atoms with Crippen LogP contribution in [0.5, 0.6) is 0 Å². The normalized spacial score (nSPS) is 11.9. The van der Waals surface area contributed by atoms with E-state index in [2.05, 4.69) is 55.3 Å². The summed E-state index contributed by atoms with van der Waals surface area (Å²) in [5.41, 5.74) is 0.0909. The standard InChI is InChI=1S/C12H16N2/c1-12(2,3)14-11-10-7-5-4-6-9(10)8-13-11/h4-8,13-14H,1-3H3. The van der Waals surface area contributed by atoms with Crippen molar-refractivity contribution < 1.29 is 0 Å². The Hall–Kier alpha value is -1.44. The van der Waals surface area contributed by atoms with Crippen LogP contribution in [-0.2, 0) is 0 Å². The first-order chi connectivity index (χ1) is 6.56. The Kier molecular flexibility index (Phi) is 1.99. The quantitative estimate of drug-likeness (QED) is 0.705. The van der Waals surface area contributed by atoms with E-state index in [4.69, 9.17) is 0 Å². The lowest BCUT2D eigenvalue weighted by Gasteiger charge is -2.21. The molecule has 0 aliphatic carbocycles. The zero-order valence-electron chi connectivity index (χ0n) is 8.89. The van der Waals surface area contributed by atoms with Gasteiger partial charge in [-0.15, -0.1) is 0 Å². The van der Waals surface area contributed by atoms with Crippen molar-refractivity contribution >= 4 is 16.6 Å². The molecule has 0 aliphatic rings. The Bertz CT molecular complexity index is 435. The molecule has 0 spiro atoms. The van der Waals surface area contributed by atoms with Gasteiger partial charge in [-0.25, -0.2) is 0 Å². The minimum absolute atomic E-state index is 0.0909. The van der Waals surface area contributed by atoms with Gasteiger partial charge in [-0.2, -0.15) is 0 Å². The topological polar surface area (TPSA) is 27.8 Å². The Balaban J connectivity index is 2.44. The van der Waals surface area contributed by atoms with E-state index in [1.807, 2.05) is 6.20 Å². The second-order valence-electron chi connectivity index (χ2n) is 4.63. The molecule has 0 saturated carbocycles. The van der Waals surface area contributed by atoms with Gasteiger partial charge in [-0.3, -0.25) is 0 Å². The van der Waals surface area contributed by atoms with E-state index in [-0.39, 0.29) is 5.54 Å². The SMILES string of the molecule is CC(C)(C)Nc1[nH]cc2ccccc12. The molecule has 0 fully saturated rings. The molecule has 1 heterocycles. The Morgan fingerprint density at radius 3 is 2.57 bits per heavy atom. The second kappa shape index (κ2) is 3.05. The smallest absolute Gasteiger partial charge is 0.111 e. The van der Waals surface area contributed by atoms with Gasteiger partial charge in [0.1, 0.15) is 5.82 Å². The summed E-state index contributed by atoms with van der Waals surface area (Å²) in [5, 5.41) is 5.95. The Morgan fingerprint density at radius 1 is 1.14 bits per heavy atom. The summed E-state index contributed by atoms with van der Waals surface area (Å²) in [6.45, 7) is 6.47. The molecule has 0 saturated heterocycles. The molecule has 2 heteroatoms. The van der Waals surface area contributed by atoms with E-state index in [0.29, 0.717) is 0 Å². The first-order valence-electron chi connectivity index (χ1n) is 4.90.